The smallest absolute Gasteiger partial charge is 0.119 e. The highest BCUT2D eigenvalue weighted by atomic mass is 16.5. The van der Waals surface area contributed by atoms with Crippen LogP contribution in [0.5, 0.6) is 5.75 Å². The van der Waals surface area contributed by atoms with Gasteiger partial charge in [0.05, 0.1) is 6.61 Å². The number of aliphatic hydroxyl groups excluding tert-OH is 1. The molecule has 1 atom stereocenters. The highest BCUT2D eigenvalue weighted by molar-refractivity contribution is 5.27. The van der Waals surface area contributed by atoms with Gasteiger partial charge in [-0.25, -0.2) is 0 Å². The lowest BCUT2D eigenvalue weighted by molar-refractivity contribution is 0.244. The average molecular weight is 293 g/mol. The molecule has 0 aliphatic carbocycles. The van der Waals surface area contributed by atoms with Gasteiger partial charge in [-0.1, -0.05) is 39.8 Å². The van der Waals surface area contributed by atoms with Crippen LogP contribution in [0.25, 0.3) is 0 Å². The summed E-state index contributed by atoms with van der Waals surface area (Å²) in [7, 11) is 0. The molecule has 2 N–H and O–H groups in total. The molecule has 1 unspecified atom stereocenters. The topological polar surface area (TPSA) is 41.5 Å². The molecule has 0 aliphatic heterocycles. The Morgan fingerprint density at radius 2 is 1.71 bits per heavy atom. The molecule has 0 radical (unpaired) electrons. The molecular weight excluding hydrogens is 262 g/mol. The van der Waals surface area contributed by atoms with Gasteiger partial charge in [-0.15, -0.1) is 0 Å². The summed E-state index contributed by atoms with van der Waals surface area (Å²) in [6, 6.07) is 8.64. The van der Waals surface area contributed by atoms with E-state index in [9.17, 15) is 0 Å². The van der Waals surface area contributed by atoms with E-state index in [1.165, 1.54) is 5.56 Å². The Balaban J connectivity index is 2.39. The minimum Gasteiger partial charge on any atom is -0.494 e. The second kappa shape index (κ2) is 9.80. The van der Waals surface area contributed by atoms with E-state index in [1.807, 2.05) is 12.1 Å². The first kappa shape index (κ1) is 18.0. The van der Waals surface area contributed by atoms with Crippen LogP contribution in [0.4, 0.5) is 0 Å². The van der Waals surface area contributed by atoms with E-state index in [4.69, 9.17) is 9.84 Å². The molecule has 120 valence electrons. The van der Waals surface area contributed by atoms with Crippen LogP contribution >= 0.6 is 0 Å². The summed E-state index contributed by atoms with van der Waals surface area (Å²) >= 11 is 0. The van der Waals surface area contributed by atoms with Gasteiger partial charge < -0.3 is 15.2 Å². The zero-order chi connectivity index (χ0) is 15.7. The normalized spacial score (nSPS) is 12.9. The minimum absolute atomic E-state index is 0.235. The van der Waals surface area contributed by atoms with E-state index in [1.54, 1.807) is 0 Å². The molecule has 3 nitrogen and oxygen atoms in total. The fourth-order valence-electron chi connectivity index (χ4n) is 2.18. The Hall–Kier alpha value is -1.06. The Kier molecular flexibility index (Phi) is 8.40. The summed E-state index contributed by atoms with van der Waals surface area (Å²) in [4.78, 5) is 0. The van der Waals surface area contributed by atoms with Crippen molar-refractivity contribution in [3.05, 3.63) is 29.8 Å². The standard InChI is InChI=1S/C18H31NO2/c1-14(2)10-12-21-17-7-5-16(6-8-17)13-19-18(9-11-20)15(3)4/h5-8,14-15,18-20H,9-13H2,1-4H3. The number of ether oxygens (including phenoxy) is 1. The molecule has 0 aromatic heterocycles. The second-order valence-electron chi connectivity index (χ2n) is 6.42. The first-order chi connectivity index (χ1) is 10.0. The van der Waals surface area contributed by atoms with Gasteiger partial charge in [-0.2, -0.15) is 0 Å². The van der Waals surface area contributed by atoms with Crippen molar-refractivity contribution in [2.45, 2.75) is 53.1 Å². The quantitative estimate of drug-likeness (QED) is 0.692. The van der Waals surface area contributed by atoms with Crippen LogP contribution in [0, 0.1) is 11.8 Å². The fraction of sp³-hybridized carbons (Fsp3) is 0.667. The zero-order valence-electron chi connectivity index (χ0n) is 13.9. The lowest BCUT2D eigenvalue weighted by Crippen LogP contribution is -2.34. The molecule has 1 aromatic carbocycles. The predicted molar refractivity (Wildman–Crippen MR) is 88.6 cm³/mol. The Morgan fingerprint density at radius 3 is 2.24 bits per heavy atom. The largest absolute Gasteiger partial charge is 0.494 e. The lowest BCUT2D eigenvalue weighted by atomic mass is 10.0. The summed E-state index contributed by atoms with van der Waals surface area (Å²) in [5.41, 5.74) is 1.25. The van der Waals surface area contributed by atoms with Crippen LogP contribution in [0.2, 0.25) is 0 Å². The number of benzene rings is 1. The van der Waals surface area contributed by atoms with E-state index < -0.39 is 0 Å². The molecule has 1 rings (SSSR count). The molecule has 0 aliphatic rings. The summed E-state index contributed by atoms with van der Waals surface area (Å²) in [6.07, 6.45) is 1.88. The number of rotatable bonds is 10. The van der Waals surface area contributed by atoms with E-state index in [-0.39, 0.29) is 6.61 Å². The van der Waals surface area contributed by atoms with Crippen LogP contribution in [-0.2, 0) is 6.54 Å². The summed E-state index contributed by atoms with van der Waals surface area (Å²) in [6.45, 7) is 10.6. The van der Waals surface area contributed by atoms with E-state index in [0.29, 0.717) is 17.9 Å². The molecule has 1 aromatic rings. The molecule has 0 saturated carbocycles. The summed E-state index contributed by atoms with van der Waals surface area (Å²) < 4.78 is 5.72. The van der Waals surface area contributed by atoms with E-state index >= 15 is 0 Å². The third-order valence-corrected chi connectivity index (χ3v) is 3.70. The number of aliphatic hydroxyl groups is 1. The molecule has 21 heavy (non-hydrogen) atoms. The highest BCUT2D eigenvalue weighted by Crippen LogP contribution is 2.14. The monoisotopic (exact) mass is 293 g/mol. The molecular formula is C18H31NO2. The van der Waals surface area contributed by atoms with Crippen LogP contribution in [0.3, 0.4) is 0 Å². The number of hydrogen-bond acceptors (Lipinski definition) is 3. The third kappa shape index (κ3) is 7.49. The molecule has 0 heterocycles. The molecule has 0 bridgehead atoms. The number of hydrogen-bond donors (Lipinski definition) is 2. The van der Waals surface area contributed by atoms with Crippen LogP contribution < -0.4 is 10.1 Å². The van der Waals surface area contributed by atoms with Crippen molar-refractivity contribution in [2.24, 2.45) is 11.8 Å². The van der Waals surface area contributed by atoms with Gasteiger partial charge in [0.1, 0.15) is 5.75 Å². The van der Waals surface area contributed by atoms with Crippen molar-refractivity contribution in [1.82, 2.24) is 5.32 Å². The lowest BCUT2D eigenvalue weighted by Gasteiger charge is -2.21. The van der Waals surface area contributed by atoms with Gasteiger partial charge in [-0.05, 0) is 42.4 Å². The van der Waals surface area contributed by atoms with Gasteiger partial charge in [0, 0.05) is 19.2 Å². The maximum absolute atomic E-state index is 9.08. The van der Waals surface area contributed by atoms with Gasteiger partial charge in [0.2, 0.25) is 0 Å². The van der Waals surface area contributed by atoms with Gasteiger partial charge >= 0.3 is 0 Å². The minimum atomic E-state index is 0.235. The maximum Gasteiger partial charge on any atom is 0.119 e. The molecule has 0 amide bonds. The summed E-state index contributed by atoms with van der Waals surface area (Å²) in [5, 5.41) is 12.6. The fourth-order valence-corrected chi connectivity index (χ4v) is 2.18. The third-order valence-electron chi connectivity index (χ3n) is 3.70. The second-order valence-corrected chi connectivity index (χ2v) is 6.42. The van der Waals surface area contributed by atoms with E-state index in [2.05, 4.69) is 45.1 Å². The molecule has 3 heteroatoms. The van der Waals surface area contributed by atoms with Gasteiger partial charge in [0.25, 0.3) is 0 Å². The van der Waals surface area contributed by atoms with Crippen LogP contribution in [0.15, 0.2) is 24.3 Å². The Morgan fingerprint density at radius 1 is 1.05 bits per heavy atom. The molecule has 0 fully saturated rings. The Bertz CT molecular complexity index is 373. The number of nitrogens with one attached hydrogen (secondary N) is 1. The first-order valence-corrected chi connectivity index (χ1v) is 8.09. The van der Waals surface area contributed by atoms with Crippen molar-refractivity contribution in [2.75, 3.05) is 13.2 Å². The van der Waals surface area contributed by atoms with Crippen LogP contribution in [0.1, 0.15) is 46.1 Å². The summed E-state index contributed by atoms with van der Waals surface area (Å²) in [5.74, 6) is 2.14. The SMILES string of the molecule is CC(C)CCOc1ccc(CNC(CCO)C(C)C)cc1. The average Bonchev–Trinajstić information content (AvgIpc) is 2.44. The highest BCUT2D eigenvalue weighted by Gasteiger charge is 2.11. The van der Waals surface area contributed by atoms with Gasteiger partial charge in [-0.3, -0.25) is 0 Å². The maximum atomic E-state index is 9.08. The van der Waals surface area contributed by atoms with Crippen molar-refractivity contribution >= 4 is 0 Å². The molecule has 0 spiro atoms. The van der Waals surface area contributed by atoms with Crippen molar-refractivity contribution in [3.63, 3.8) is 0 Å². The van der Waals surface area contributed by atoms with Crippen molar-refractivity contribution in [1.29, 1.82) is 0 Å². The Labute approximate surface area is 129 Å². The molecule has 0 saturated heterocycles. The van der Waals surface area contributed by atoms with Crippen molar-refractivity contribution in [3.8, 4) is 5.75 Å². The predicted octanol–water partition coefficient (Wildman–Crippen LogP) is 3.61. The van der Waals surface area contributed by atoms with Gasteiger partial charge in [0.15, 0.2) is 0 Å². The van der Waals surface area contributed by atoms with Crippen LogP contribution in [-0.4, -0.2) is 24.4 Å². The zero-order valence-corrected chi connectivity index (χ0v) is 13.9. The van der Waals surface area contributed by atoms with E-state index in [0.717, 1.165) is 31.7 Å². The first-order valence-electron chi connectivity index (χ1n) is 8.09. The van der Waals surface area contributed by atoms with Crippen molar-refractivity contribution < 1.29 is 9.84 Å².